The van der Waals surface area contributed by atoms with Crippen LogP contribution in [0.1, 0.15) is 21.7 Å². The molecule has 0 aliphatic carbocycles. The third-order valence-electron chi connectivity index (χ3n) is 3.31. The molecule has 0 unspecified atom stereocenters. The zero-order valence-corrected chi connectivity index (χ0v) is 13.2. The molecule has 1 amide bonds. The summed E-state index contributed by atoms with van der Waals surface area (Å²) < 4.78 is 0. The Balaban J connectivity index is 1.66. The van der Waals surface area contributed by atoms with Crippen molar-refractivity contribution in [1.82, 2.24) is 20.3 Å². The van der Waals surface area contributed by atoms with Gasteiger partial charge in [-0.25, -0.2) is 9.97 Å². The molecule has 0 aliphatic rings. The number of pyridine rings is 1. The van der Waals surface area contributed by atoms with E-state index in [1.54, 1.807) is 30.5 Å². The van der Waals surface area contributed by atoms with Crippen molar-refractivity contribution in [2.75, 3.05) is 5.32 Å². The Kier molecular flexibility index (Phi) is 4.93. The van der Waals surface area contributed by atoms with Crippen LogP contribution in [0.5, 0.6) is 0 Å². The minimum absolute atomic E-state index is 0.252. The molecule has 7 heteroatoms. The number of nitrogens with zero attached hydrogens (tertiary/aromatic N) is 4. The van der Waals surface area contributed by atoms with Crippen molar-refractivity contribution in [2.45, 2.75) is 6.54 Å². The number of nitriles is 1. The fourth-order valence-corrected chi connectivity index (χ4v) is 2.07. The Hall–Kier alpha value is -3.79. The zero-order valence-electron chi connectivity index (χ0n) is 13.2. The maximum atomic E-state index is 12.2. The van der Waals surface area contributed by atoms with Crippen LogP contribution in [0.2, 0.25) is 0 Å². The molecule has 0 saturated heterocycles. The molecule has 0 atom stereocenters. The monoisotopic (exact) mass is 330 g/mol. The minimum atomic E-state index is -0.309. The van der Waals surface area contributed by atoms with E-state index in [2.05, 4.69) is 31.7 Å². The van der Waals surface area contributed by atoms with Crippen LogP contribution in [0.3, 0.4) is 0 Å². The van der Waals surface area contributed by atoms with Gasteiger partial charge in [-0.3, -0.25) is 9.78 Å². The van der Waals surface area contributed by atoms with Crippen molar-refractivity contribution < 1.29 is 4.79 Å². The molecule has 0 spiro atoms. The van der Waals surface area contributed by atoms with Crippen LogP contribution in [0.25, 0.3) is 0 Å². The summed E-state index contributed by atoms with van der Waals surface area (Å²) >= 11 is 0. The first-order valence-corrected chi connectivity index (χ1v) is 7.53. The highest BCUT2D eigenvalue weighted by Crippen LogP contribution is 2.13. The maximum Gasteiger partial charge on any atom is 0.270 e. The molecule has 2 aromatic heterocycles. The first-order valence-electron chi connectivity index (χ1n) is 7.53. The molecule has 3 rings (SSSR count). The fourth-order valence-electron chi connectivity index (χ4n) is 2.07. The van der Waals surface area contributed by atoms with Gasteiger partial charge in [0.1, 0.15) is 5.69 Å². The third-order valence-corrected chi connectivity index (χ3v) is 3.31. The molecule has 25 heavy (non-hydrogen) atoms. The van der Waals surface area contributed by atoms with E-state index >= 15 is 0 Å². The predicted octanol–water partition coefficient (Wildman–Crippen LogP) is 2.42. The van der Waals surface area contributed by atoms with E-state index in [-0.39, 0.29) is 11.6 Å². The van der Waals surface area contributed by atoms with Gasteiger partial charge in [0.15, 0.2) is 0 Å². The summed E-state index contributed by atoms with van der Waals surface area (Å²) in [4.78, 5) is 24.7. The molecule has 1 aromatic carbocycles. The molecule has 122 valence electrons. The van der Waals surface area contributed by atoms with E-state index in [9.17, 15) is 4.79 Å². The van der Waals surface area contributed by atoms with Crippen LogP contribution in [-0.2, 0) is 6.54 Å². The molecule has 2 heterocycles. The second-order valence-electron chi connectivity index (χ2n) is 5.08. The number of amides is 1. The Labute approximate surface area is 144 Å². The molecule has 0 bridgehead atoms. The molecular formula is C18H14N6O. The summed E-state index contributed by atoms with van der Waals surface area (Å²) in [5.74, 6) is -0.00822. The van der Waals surface area contributed by atoms with Crippen LogP contribution in [0, 0.1) is 11.3 Å². The van der Waals surface area contributed by atoms with Crippen molar-refractivity contribution in [3.8, 4) is 6.07 Å². The van der Waals surface area contributed by atoms with Crippen molar-refractivity contribution in [3.63, 3.8) is 0 Å². The van der Waals surface area contributed by atoms with Crippen molar-refractivity contribution in [3.05, 3.63) is 77.9 Å². The molecule has 0 saturated carbocycles. The number of aromatic nitrogens is 3. The van der Waals surface area contributed by atoms with Gasteiger partial charge in [-0.1, -0.05) is 6.07 Å². The highest BCUT2D eigenvalue weighted by atomic mass is 16.1. The van der Waals surface area contributed by atoms with Crippen LogP contribution in [0.15, 0.2) is 60.9 Å². The second-order valence-corrected chi connectivity index (χ2v) is 5.08. The van der Waals surface area contributed by atoms with Gasteiger partial charge in [-0.05, 0) is 42.5 Å². The van der Waals surface area contributed by atoms with Crippen molar-refractivity contribution in [1.29, 1.82) is 5.26 Å². The lowest BCUT2D eigenvalue weighted by Gasteiger charge is -2.07. The van der Waals surface area contributed by atoms with Gasteiger partial charge < -0.3 is 10.6 Å². The Morgan fingerprint density at radius 2 is 1.88 bits per heavy atom. The second kappa shape index (κ2) is 7.66. The summed E-state index contributed by atoms with van der Waals surface area (Å²) in [6.07, 6.45) is 3.18. The minimum Gasteiger partial charge on any atom is -0.345 e. The normalized spacial score (nSPS) is 9.88. The number of nitrogens with one attached hydrogen (secondary N) is 2. The lowest BCUT2D eigenvalue weighted by Crippen LogP contribution is -2.24. The zero-order chi connectivity index (χ0) is 17.5. The highest BCUT2D eigenvalue weighted by Gasteiger charge is 2.09. The van der Waals surface area contributed by atoms with Gasteiger partial charge in [-0.2, -0.15) is 5.26 Å². The maximum absolute atomic E-state index is 12.2. The average Bonchev–Trinajstić information content (AvgIpc) is 2.68. The number of rotatable bonds is 5. The van der Waals surface area contributed by atoms with Gasteiger partial charge in [0, 0.05) is 18.1 Å². The van der Waals surface area contributed by atoms with Crippen LogP contribution in [0.4, 0.5) is 11.6 Å². The third kappa shape index (κ3) is 4.36. The molecule has 0 fully saturated rings. The largest absolute Gasteiger partial charge is 0.345 e. The van der Waals surface area contributed by atoms with E-state index in [0.29, 0.717) is 18.1 Å². The number of anilines is 2. The molecular weight excluding hydrogens is 316 g/mol. The molecule has 7 nitrogen and oxygen atoms in total. The van der Waals surface area contributed by atoms with E-state index in [1.165, 1.54) is 12.3 Å². The summed E-state index contributed by atoms with van der Waals surface area (Å²) in [5, 5.41) is 14.6. The van der Waals surface area contributed by atoms with E-state index in [0.717, 1.165) is 11.4 Å². The van der Waals surface area contributed by atoms with E-state index in [1.807, 2.05) is 18.2 Å². The lowest BCUT2D eigenvalue weighted by molar-refractivity contribution is 0.0945. The van der Waals surface area contributed by atoms with E-state index < -0.39 is 0 Å². The first kappa shape index (κ1) is 16.1. The van der Waals surface area contributed by atoms with Gasteiger partial charge in [0.25, 0.3) is 5.91 Å². The Morgan fingerprint density at radius 1 is 1.04 bits per heavy atom. The summed E-state index contributed by atoms with van der Waals surface area (Å²) in [6, 6.07) is 16.0. The van der Waals surface area contributed by atoms with Crippen LogP contribution >= 0.6 is 0 Å². The number of hydrogen-bond donors (Lipinski definition) is 2. The average molecular weight is 330 g/mol. The number of hydrogen-bond acceptors (Lipinski definition) is 6. The van der Waals surface area contributed by atoms with Gasteiger partial charge >= 0.3 is 0 Å². The summed E-state index contributed by atoms with van der Waals surface area (Å²) in [5.41, 5.74) is 2.31. The van der Waals surface area contributed by atoms with Crippen molar-refractivity contribution in [2.24, 2.45) is 0 Å². The van der Waals surface area contributed by atoms with Crippen LogP contribution in [-0.4, -0.2) is 20.9 Å². The molecule has 0 radical (unpaired) electrons. The quantitative estimate of drug-likeness (QED) is 0.744. The lowest BCUT2D eigenvalue weighted by atomic mass is 10.2. The number of benzene rings is 1. The van der Waals surface area contributed by atoms with Gasteiger partial charge in [0.05, 0.1) is 23.9 Å². The first-order chi connectivity index (χ1) is 12.2. The van der Waals surface area contributed by atoms with Crippen molar-refractivity contribution >= 4 is 17.5 Å². The van der Waals surface area contributed by atoms with Crippen LogP contribution < -0.4 is 10.6 Å². The number of carbonyl (C=O) groups is 1. The summed E-state index contributed by atoms with van der Waals surface area (Å²) in [7, 11) is 0. The Morgan fingerprint density at radius 3 is 2.60 bits per heavy atom. The highest BCUT2D eigenvalue weighted by molar-refractivity contribution is 5.92. The van der Waals surface area contributed by atoms with E-state index in [4.69, 9.17) is 5.26 Å². The fraction of sp³-hybridized carbons (Fsp3) is 0.0556. The molecule has 3 aromatic rings. The molecule has 0 aliphatic heterocycles. The summed E-state index contributed by atoms with van der Waals surface area (Å²) in [6.45, 7) is 0.321. The van der Waals surface area contributed by atoms with Gasteiger partial charge in [0.2, 0.25) is 5.95 Å². The molecule has 2 N–H and O–H groups in total. The number of carbonyl (C=O) groups excluding carboxylic acids is 1. The van der Waals surface area contributed by atoms with Gasteiger partial charge in [-0.15, -0.1) is 0 Å². The smallest absolute Gasteiger partial charge is 0.270 e. The SMILES string of the molecule is N#Cc1ccc(Nc2nccc(C(=O)NCc3ccccn3)n2)cc1. The Bertz CT molecular complexity index is 903. The predicted molar refractivity (Wildman–Crippen MR) is 91.9 cm³/mol. The topological polar surface area (TPSA) is 104 Å². The standard InChI is InChI=1S/C18H14N6O/c19-11-13-4-6-14(7-5-13)23-18-21-10-8-16(24-18)17(25)22-12-15-3-1-2-9-20-15/h1-10H,12H2,(H,22,25)(H,21,23,24).